The van der Waals surface area contributed by atoms with Crippen LogP contribution in [0.25, 0.3) is 0 Å². The minimum Gasteiger partial charge on any atom is -0.388 e. The number of piperidine rings is 1. The third-order valence-corrected chi connectivity index (χ3v) is 5.75. The highest BCUT2D eigenvalue weighted by Crippen LogP contribution is 2.25. The Kier molecular flexibility index (Phi) is 7.10. The molecule has 0 aliphatic carbocycles. The standard InChI is InChI=1S/C21H31N3O5/c1-13-3-5-15(6-4-13)23-21(28)22-12-17-20(27)19(26)16(29-17)11-18(25)24-9-7-14(2)8-10-24/h3-6,14,16-17,19-20,26-27H,7-12H2,1-2H3,(H2,22,23,28)/t16-,17-,19-,20+/m0/s1. The average molecular weight is 405 g/mol. The van der Waals surface area contributed by atoms with Crippen molar-refractivity contribution in [2.24, 2.45) is 5.92 Å². The van der Waals surface area contributed by atoms with Gasteiger partial charge in [-0.1, -0.05) is 24.6 Å². The topological polar surface area (TPSA) is 111 Å². The van der Waals surface area contributed by atoms with Crippen LogP contribution in [0.15, 0.2) is 24.3 Å². The summed E-state index contributed by atoms with van der Waals surface area (Å²) in [4.78, 5) is 26.3. The predicted octanol–water partition coefficient (Wildman–Crippen LogP) is 1.25. The molecule has 3 rings (SSSR count). The van der Waals surface area contributed by atoms with Crippen molar-refractivity contribution >= 4 is 17.6 Å². The molecule has 2 heterocycles. The number of likely N-dealkylation sites (tertiary alicyclic amines) is 1. The van der Waals surface area contributed by atoms with Gasteiger partial charge in [0.2, 0.25) is 5.91 Å². The number of carbonyl (C=O) groups excluding carboxylic acids is 2. The monoisotopic (exact) mass is 405 g/mol. The molecule has 2 aliphatic heterocycles. The Balaban J connectivity index is 1.45. The van der Waals surface area contributed by atoms with Crippen LogP contribution in [0.2, 0.25) is 0 Å². The lowest BCUT2D eigenvalue weighted by Gasteiger charge is -2.31. The van der Waals surface area contributed by atoms with Gasteiger partial charge in [0.15, 0.2) is 0 Å². The number of anilines is 1. The van der Waals surface area contributed by atoms with E-state index >= 15 is 0 Å². The molecule has 0 spiro atoms. The Morgan fingerprint density at radius 3 is 2.38 bits per heavy atom. The van der Waals surface area contributed by atoms with Crippen LogP contribution < -0.4 is 10.6 Å². The van der Waals surface area contributed by atoms with E-state index in [2.05, 4.69) is 17.6 Å². The van der Waals surface area contributed by atoms with Gasteiger partial charge in [-0.25, -0.2) is 4.79 Å². The fourth-order valence-electron chi connectivity index (χ4n) is 3.73. The maximum atomic E-state index is 12.5. The zero-order valence-corrected chi connectivity index (χ0v) is 17.0. The smallest absolute Gasteiger partial charge is 0.319 e. The summed E-state index contributed by atoms with van der Waals surface area (Å²) in [6.07, 6.45) is -1.88. The van der Waals surface area contributed by atoms with Gasteiger partial charge in [0.05, 0.1) is 12.5 Å². The molecular formula is C21H31N3O5. The van der Waals surface area contributed by atoms with Gasteiger partial charge in [0.25, 0.3) is 0 Å². The number of urea groups is 1. The molecule has 4 N–H and O–H groups in total. The second-order valence-corrected chi connectivity index (χ2v) is 8.16. The summed E-state index contributed by atoms with van der Waals surface area (Å²) in [5.74, 6) is 0.551. The number of benzene rings is 1. The molecule has 0 radical (unpaired) electrons. The van der Waals surface area contributed by atoms with Crippen LogP contribution >= 0.6 is 0 Å². The SMILES string of the molecule is Cc1ccc(NC(=O)NC[C@@H]2O[C@@H](CC(=O)N3CCC(C)CC3)[C@H](O)[C@@H]2O)cc1. The minimum atomic E-state index is -1.16. The highest BCUT2D eigenvalue weighted by atomic mass is 16.5. The van der Waals surface area contributed by atoms with E-state index in [0.29, 0.717) is 11.6 Å². The van der Waals surface area contributed by atoms with Crippen LogP contribution in [0.5, 0.6) is 0 Å². The van der Waals surface area contributed by atoms with Gasteiger partial charge < -0.3 is 30.5 Å². The summed E-state index contributed by atoms with van der Waals surface area (Å²) in [6.45, 7) is 5.60. The van der Waals surface area contributed by atoms with Crippen molar-refractivity contribution < 1.29 is 24.5 Å². The number of aryl methyl sites for hydroxylation is 1. The lowest BCUT2D eigenvalue weighted by Crippen LogP contribution is -2.42. The van der Waals surface area contributed by atoms with E-state index in [4.69, 9.17) is 4.74 Å². The Hall–Kier alpha value is -2.16. The Bertz CT molecular complexity index is 703. The Morgan fingerprint density at radius 1 is 1.10 bits per heavy atom. The maximum Gasteiger partial charge on any atom is 0.319 e. The minimum absolute atomic E-state index is 0.0265. The molecule has 29 heavy (non-hydrogen) atoms. The molecule has 0 aromatic heterocycles. The maximum absolute atomic E-state index is 12.5. The molecule has 2 saturated heterocycles. The first-order valence-corrected chi connectivity index (χ1v) is 10.2. The molecular weight excluding hydrogens is 374 g/mol. The number of hydrogen-bond acceptors (Lipinski definition) is 5. The first-order valence-electron chi connectivity index (χ1n) is 10.2. The summed E-state index contributed by atoms with van der Waals surface area (Å²) < 4.78 is 5.69. The van der Waals surface area contributed by atoms with Gasteiger partial charge in [-0.2, -0.15) is 0 Å². The van der Waals surface area contributed by atoms with Crippen LogP contribution in [0.4, 0.5) is 10.5 Å². The number of aliphatic hydroxyl groups excluding tert-OH is 2. The van der Waals surface area contributed by atoms with Crippen LogP contribution in [0.3, 0.4) is 0 Å². The van der Waals surface area contributed by atoms with E-state index in [1.165, 1.54) is 0 Å². The summed E-state index contributed by atoms with van der Waals surface area (Å²) in [5, 5.41) is 25.9. The van der Waals surface area contributed by atoms with E-state index < -0.39 is 30.4 Å². The van der Waals surface area contributed by atoms with Crippen molar-refractivity contribution in [3.63, 3.8) is 0 Å². The van der Waals surface area contributed by atoms with Gasteiger partial charge >= 0.3 is 6.03 Å². The molecule has 1 aromatic rings. The lowest BCUT2D eigenvalue weighted by molar-refractivity contribution is -0.136. The van der Waals surface area contributed by atoms with E-state index in [0.717, 1.165) is 31.5 Å². The molecule has 8 nitrogen and oxygen atoms in total. The molecule has 2 aliphatic rings. The van der Waals surface area contributed by atoms with E-state index in [1.54, 1.807) is 17.0 Å². The largest absolute Gasteiger partial charge is 0.388 e. The molecule has 4 atom stereocenters. The second kappa shape index (κ2) is 9.56. The fourth-order valence-corrected chi connectivity index (χ4v) is 3.73. The highest BCUT2D eigenvalue weighted by molar-refractivity contribution is 5.89. The molecule has 1 aromatic carbocycles. The number of amides is 3. The summed E-state index contributed by atoms with van der Waals surface area (Å²) >= 11 is 0. The van der Waals surface area contributed by atoms with Crippen molar-refractivity contribution in [1.82, 2.24) is 10.2 Å². The summed E-state index contributed by atoms with van der Waals surface area (Å²) in [7, 11) is 0. The molecule has 2 fully saturated rings. The zero-order valence-electron chi connectivity index (χ0n) is 17.0. The number of ether oxygens (including phenoxy) is 1. The number of nitrogens with one attached hydrogen (secondary N) is 2. The second-order valence-electron chi connectivity index (χ2n) is 8.16. The van der Waals surface area contributed by atoms with Gasteiger partial charge in [-0.15, -0.1) is 0 Å². The molecule has 160 valence electrons. The van der Waals surface area contributed by atoms with E-state index in [9.17, 15) is 19.8 Å². The van der Waals surface area contributed by atoms with Gasteiger partial charge in [-0.05, 0) is 37.8 Å². The number of nitrogens with zero attached hydrogens (tertiary/aromatic N) is 1. The first-order chi connectivity index (χ1) is 13.8. The zero-order chi connectivity index (χ0) is 21.0. The first kappa shape index (κ1) is 21.5. The average Bonchev–Trinajstić information content (AvgIpc) is 2.96. The van der Waals surface area contributed by atoms with Crippen molar-refractivity contribution in [2.45, 2.75) is 57.5 Å². The molecule has 8 heteroatoms. The number of hydrogen-bond donors (Lipinski definition) is 4. The van der Waals surface area contributed by atoms with Crippen molar-refractivity contribution in [3.05, 3.63) is 29.8 Å². The van der Waals surface area contributed by atoms with Gasteiger partial charge in [0.1, 0.15) is 18.3 Å². The summed E-state index contributed by atoms with van der Waals surface area (Å²) in [5.41, 5.74) is 1.74. The van der Waals surface area contributed by atoms with Crippen LogP contribution in [-0.4, -0.2) is 71.1 Å². The molecule has 0 bridgehead atoms. The van der Waals surface area contributed by atoms with E-state index in [-0.39, 0.29) is 18.9 Å². The Labute approximate surface area is 171 Å². The molecule has 3 amide bonds. The van der Waals surface area contributed by atoms with Crippen LogP contribution in [-0.2, 0) is 9.53 Å². The van der Waals surface area contributed by atoms with E-state index in [1.807, 2.05) is 19.1 Å². The van der Waals surface area contributed by atoms with Gasteiger partial charge in [0, 0.05) is 25.3 Å². The lowest BCUT2D eigenvalue weighted by atomic mass is 9.98. The molecule has 0 saturated carbocycles. The van der Waals surface area contributed by atoms with Crippen molar-refractivity contribution in [2.75, 3.05) is 25.0 Å². The third-order valence-electron chi connectivity index (χ3n) is 5.75. The number of carbonyl (C=O) groups is 2. The highest BCUT2D eigenvalue weighted by Gasteiger charge is 2.43. The van der Waals surface area contributed by atoms with Crippen molar-refractivity contribution in [3.8, 4) is 0 Å². The quantitative estimate of drug-likeness (QED) is 0.589. The predicted molar refractivity (Wildman–Crippen MR) is 108 cm³/mol. The van der Waals surface area contributed by atoms with Crippen LogP contribution in [0.1, 0.15) is 31.7 Å². The molecule has 0 unspecified atom stereocenters. The van der Waals surface area contributed by atoms with Crippen molar-refractivity contribution in [1.29, 1.82) is 0 Å². The number of aliphatic hydroxyl groups is 2. The van der Waals surface area contributed by atoms with Crippen LogP contribution in [0, 0.1) is 12.8 Å². The summed E-state index contributed by atoms with van der Waals surface area (Å²) in [6, 6.07) is 6.94. The Morgan fingerprint density at radius 2 is 1.72 bits per heavy atom. The van der Waals surface area contributed by atoms with Gasteiger partial charge in [-0.3, -0.25) is 4.79 Å². The normalized spacial score (nSPS) is 27.7. The number of rotatable bonds is 5. The fraction of sp³-hybridized carbons (Fsp3) is 0.619. The third kappa shape index (κ3) is 5.68.